The van der Waals surface area contributed by atoms with E-state index in [1.807, 2.05) is 0 Å². The van der Waals surface area contributed by atoms with E-state index in [9.17, 15) is 15.0 Å². The van der Waals surface area contributed by atoms with Crippen molar-refractivity contribution >= 4 is 5.91 Å². The molecular weight excluding hydrogens is 256 g/mol. The zero-order valence-electron chi connectivity index (χ0n) is 12.0. The molecule has 1 fully saturated rings. The minimum absolute atomic E-state index is 0.0909. The molecule has 0 saturated carbocycles. The van der Waals surface area contributed by atoms with E-state index in [4.69, 9.17) is 0 Å². The number of carbonyl (C=O) groups excluding carboxylic acids is 1. The fourth-order valence-corrected chi connectivity index (χ4v) is 2.55. The maximum Gasteiger partial charge on any atom is 0.254 e. The van der Waals surface area contributed by atoms with Gasteiger partial charge >= 0.3 is 0 Å². The summed E-state index contributed by atoms with van der Waals surface area (Å²) in [5.74, 6) is 0.305. The van der Waals surface area contributed by atoms with E-state index >= 15 is 0 Å². The summed E-state index contributed by atoms with van der Waals surface area (Å²) in [6.45, 7) is 8.53. The Balaban J connectivity index is 1.98. The van der Waals surface area contributed by atoms with Gasteiger partial charge in [-0.25, -0.2) is 0 Å². The van der Waals surface area contributed by atoms with Gasteiger partial charge in [-0.15, -0.1) is 0 Å². The van der Waals surface area contributed by atoms with Crippen LogP contribution in [0.3, 0.4) is 0 Å². The molecule has 1 aromatic carbocycles. The summed E-state index contributed by atoms with van der Waals surface area (Å²) in [6, 6.07) is 4.00. The molecule has 5 heteroatoms. The van der Waals surface area contributed by atoms with Crippen molar-refractivity contribution in [3.8, 4) is 11.5 Å². The van der Waals surface area contributed by atoms with Crippen molar-refractivity contribution in [2.45, 2.75) is 13.8 Å². The number of carbonyl (C=O) groups is 1. The maximum absolute atomic E-state index is 12.3. The molecule has 1 aliphatic heterocycles. The fourth-order valence-electron chi connectivity index (χ4n) is 2.55. The van der Waals surface area contributed by atoms with Gasteiger partial charge in [0.1, 0.15) is 11.5 Å². The second-order valence-electron chi connectivity index (χ2n) is 5.72. The number of rotatable bonds is 3. The second kappa shape index (κ2) is 6.13. The third kappa shape index (κ3) is 3.63. The highest BCUT2D eigenvalue weighted by molar-refractivity contribution is 5.95. The van der Waals surface area contributed by atoms with Crippen LogP contribution in [0, 0.1) is 5.92 Å². The van der Waals surface area contributed by atoms with Crippen molar-refractivity contribution in [1.82, 2.24) is 9.80 Å². The molecule has 2 N–H and O–H groups in total. The van der Waals surface area contributed by atoms with Crippen LogP contribution < -0.4 is 0 Å². The summed E-state index contributed by atoms with van der Waals surface area (Å²) in [7, 11) is 0. The Morgan fingerprint density at radius 3 is 2.15 bits per heavy atom. The summed E-state index contributed by atoms with van der Waals surface area (Å²) >= 11 is 0. The Morgan fingerprint density at radius 1 is 1.10 bits per heavy atom. The van der Waals surface area contributed by atoms with E-state index in [1.54, 1.807) is 4.90 Å². The lowest BCUT2D eigenvalue weighted by atomic mass is 10.1. The van der Waals surface area contributed by atoms with E-state index in [0.29, 0.717) is 24.6 Å². The first-order chi connectivity index (χ1) is 9.45. The second-order valence-corrected chi connectivity index (χ2v) is 5.72. The van der Waals surface area contributed by atoms with Gasteiger partial charge in [0, 0.05) is 44.4 Å². The lowest BCUT2D eigenvalue weighted by Crippen LogP contribution is -2.49. The van der Waals surface area contributed by atoms with Gasteiger partial charge < -0.3 is 15.1 Å². The zero-order chi connectivity index (χ0) is 14.7. The summed E-state index contributed by atoms with van der Waals surface area (Å²) in [5.41, 5.74) is 0.333. The van der Waals surface area contributed by atoms with Crippen molar-refractivity contribution in [3.63, 3.8) is 0 Å². The summed E-state index contributed by atoms with van der Waals surface area (Å²) in [6.07, 6.45) is 0. The van der Waals surface area contributed by atoms with Crippen LogP contribution in [0.1, 0.15) is 24.2 Å². The standard InChI is InChI=1S/C15H22N2O3/c1-11(2)10-16-3-5-17(6-4-16)15(20)12-7-13(18)9-14(19)8-12/h7-9,11,18-19H,3-6,10H2,1-2H3. The number of piperazine rings is 1. The molecule has 1 heterocycles. The number of benzene rings is 1. The summed E-state index contributed by atoms with van der Waals surface area (Å²) in [4.78, 5) is 16.4. The Labute approximate surface area is 119 Å². The van der Waals surface area contributed by atoms with Crippen molar-refractivity contribution in [1.29, 1.82) is 0 Å². The van der Waals surface area contributed by atoms with E-state index in [0.717, 1.165) is 19.6 Å². The van der Waals surface area contributed by atoms with Crippen LogP contribution in [0.5, 0.6) is 11.5 Å². The molecule has 0 radical (unpaired) electrons. The van der Waals surface area contributed by atoms with Gasteiger partial charge in [0.15, 0.2) is 0 Å². The molecule has 0 aliphatic carbocycles. The van der Waals surface area contributed by atoms with E-state index in [1.165, 1.54) is 18.2 Å². The molecule has 1 aromatic rings. The number of phenols is 2. The van der Waals surface area contributed by atoms with Gasteiger partial charge in [-0.05, 0) is 18.1 Å². The Morgan fingerprint density at radius 2 is 1.65 bits per heavy atom. The Bertz CT molecular complexity index is 460. The predicted octanol–water partition coefficient (Wildman–Crippen LogP) is 1.51. The quantitative estimate of drug-likeness (QED) is 0.879. The SMILES string of the molecule is CC(C)CN1CCN(C(=O)c2cc(O)cc(O)c2)CC1. The molecule has 0 bridgehead atoms. The van der Waals surface area contributed by atoms with Crippen molar-refractivity contribution in [2.75, 3.05) is 32.7 Å². The first-order valence-corrected chi connectivity index (χ1v) is 7.00. The van der Waals surface area contributed by atoms with Gasteiger partial charge in [-0.3, -0.25) is 9.69 Å². The fraction of sp³-hybridized carbons (Fsp3) is 0.533. The Kier molecular flexibility index (Phi) is 4.49. The lowest BCUT2D eigenvalue weighted by molar-refractivity contribution is 0.0623. The first-order valence-electron chi connectivity index (χ1n) is 7.00. The number of phenolic OH excluding ortho intramolecular Hbond substituents is 2. The van der Waals surface area contributed by atoms with Crippen molar-refractivity contribution in [3.05, 3.63) is 23.8 Å². The molecule has 2 rings (SSSR count). The minimum atomic E-state index is -0.139. The van der Waals surface area contributed by atoms with E-state index < -0.39 is 0 Å². The highest BCUT2D eigenvalue weighted by atomic mass is 16.3. The van der Waals surface area contributed by atoms with Crippen molar-refractivity contribution in [2.24, 2.45) is 5.92 Å². The average molecular weight is 278 g/mol. The molecule has 0 spiro atoms. The van der Waals surface area contributed by atoms with Gasteiger partial charge in [0.25, 0.3) is 5.91 Å². The van der Waals surface area contributed by atoms with Gasteiger partial charge in [0.05, 0.1) is 0 Å². The number of amides is 1. The molecule has 1 aliphatic rings. The highest BCUT2D eigenvalue weighted by Crippen LogP contribution is 2.22. The maximum atomic E-state index is 12.3. The third-order valence-corrected chi connectivity index (χ3v) is 3.43. The average Bonchev–Trinajstić information content (AvgIpc) is 2.37. The van der Waals surface area contributed by atoms with Crippen LogP contribution in [-0.2, 0) is 0 Å². The van der Waals surface area contributed by atoms with Crippen LogP contribution in [0.4, 0.5) is 0 Å². The predicted molar refractivity (Wildman–Crippen MR) is 77.0 cm³/mol. The molecule has 110 valence electrons. The summed E-state index contributed by atoms with van der Waals surface area (Å²) < 4.78 is 0. The van der Waals surface area contributed by atoms with Crippen molar-refractivity contribution < 1.29 is 15.0 Å². The first kappa shape index (κ1) is 14.7. The number of hydrogen-bond donors (Lipinski definition) is 2. The molecule has 0 aromatic heterocycles. The molecule has 1 saturated heterocycles. The van der Waals surface area contributed by atoms with Crippen LogP contribution >= 0.6 is 0 Å². The van der Waals surface area contributed by atoms with Gasteiger partial charge in [-0.2, -0.15) is 0 Å². The summed E-state index contributed by atoms with van der Waals surface area (Å²) in [5, 5.41) is 18.9. The molecule has 1 amide bonds. The highest BCUT2D eigenvalue weighted by Gasteiger charge is 2.22. The van der Waals surface area contributed by atoms with Gasteiger partial charge in [-0.1, -0.05) is 13.8 Å². The number of aromatic hydroxyl groups is 2. The monoisotopic (exact) mass is 278 g/mol. The van der Waals surface area contributed by atoms with Gasteiger partial charge in [0.2, 0.25) is 0 Å². The molecule has 20 heavy (non-hydrogen) atoms. The topological polar surface area (TPSA) is 64.0 Å². The smallest absolute Gasteiger partial charge is 0.254 e. The van der Waals surface area contributed by atoms with Crippen LogP contribution in [0.25, 0.3) is 0 Å². The molecule has 0 unspecified atom stereocenters. The Hall–Kier alpha value is -1.75. The normalized spacial score (nSPS) is 16.6. The van der Waals surface area contributed by atoms with Crippen LogP contribution in [0.15, 0.2) is 18.2 Å². The number of nitrogens with zero attached hydrogens (tertiary/aromatic N) is 2. The van der Waals surface area contributed by atoms with E-state index in [2.05, 4.69) is 18.7 Å². The third-order valence-electron chi connectivity index (χ3n) is 3.43. The largest absolute Gasteiger partial charge is 0.508 e. The van der Waals surface area contributed by atoms with Crippen LogP contribution in [-0.4, -0.2) is 58.6 Å². The zero-order valence-corrected chi connectivity index (χ0v) is 12.0. The number of hydrogen-bond acceptors (Lipinski definition) is 4. The molecular formula is C15H22N2O3. The van der Waals surface area contributed by atoms with Crippen LogP contribution in [0.2, 0.25) is 0 Å². The molecule has 0 atom stereocenters. The van der Waals surface area contributed by atoms with E-state index in [-0.39, 0.29) is 17.4 Å². The molecule has 5 nitrogen and oxygen atoms in total. The minimum Gasteiger partial charge on any atom is -0.508 e. The lowest BCUT2D eigenvalue weighted by Gasteiger charge is -2.35.